The summed E-state index contributed by atoms with van der Waals surface area (Å²) in [5, 5.41) is 2.91. The minimum Gasteiger partial charge on any atom is -0.147 e. The maximum Gasteiger partial charge on any atom is 0.0752 e. The van der Waals surface area contributed by atoms with Gasteiger partial charge in [0.25, 0.3) is 0 Å². The lowest BCUT2D eigenvalue weighted by atomic mass is 10.0. The van der Waals surface area contributed by atoms with Crippen LogP contribution in [0.1, 0.15) is 26.4 Å². The molecule has 0 N–H and O–H groups in total. The van der Waals surface area contributed by atoms with Crippen molar-refractivity contribution in [1.82, 2.24) is 0 Å². The van der Waals surface area contributed by atoms with Crippen molar-refractivity contribution in [2.75, 3.05) is 0 Å². The van der Waals surface area contributed by atoms with Crippen LogP contribution in [0.15, 0.2) is 29.6 Å². The van der Waals surface area contributed by atoms with E-state index in [1.165, 1.54) is 16.0 Å². The van der Waals surface area contributed by atoms with Crippen LogP contribution in [0.25, 0.3) is 0 Å². The van der Waals surface area contributed by atoms with Gasteiger partial charge in [-0.2, -0.15) is 0 Å². The van der Waals surface area contributed by atoms with Gasteiger partial charge in [0, 0.05) is 9.90 Å². The minimum absolute atomic E-state index is 0.194. The van der Waals surface area contributed by atoms with Gasteiger partial charge in [0.1, 0.15) is 0 Å². The normalized spacial score (nSPS) is 12.8. The number of rotatable bonds is 2. The molecule has 1 unspecified atom stereocenters. The zero-order valence-corrected chi connectivity index (χ0v) is 12.3. The molecule has 0 saturated heterocycles. The van der Waals surface area contributed by atoms with Crippen LogP contribution in [0.5, 0.6) is 0 Å². The predicted molar refractivity (Wildman–Crippen MR) is 76.0 cm³/mol. The summed E-state index contributed by atoms with van der Waals surface area (Å²) in [6, 6.07) is 8.38. The van der Waals surface area contributed by atoms with Crippen molar-refractivity contribution >= 4 is 38.9 Å². The first-order valence-corrected chi connectivity index (χ1v) is 7.21. The molecule has 0 amide bonds. The van der Waals surface area contributed by atoms with Crippen molar-refractivity contribution in [1.29, 1.82) is 0 Å². The Bertz CT molecular complexity index is 491. The minimum atomic E-state index is 0.194. The second kappa shape index (κ2) is 4.91. The zero-order valence-electron chi connectivity index (χ0n) is 9.13. The van der Waals surface area contributed by atoms with Gasteiger partial charge in [-0.1, -0.05) is 39.7 Å². The Morgan fingerprint density at radius 3 is 2.56 bits per heavy atom. The molecule has 2 aromatic rings. The first-order chi connectivity index (χ1) is 7.59. The van der Waals surface area contributed by atoms with Crippen molar-refractivity contribution in [3.8, 4) is 0 Å². The van der Waals surface area contributed by atoms with Crippen LogP contribution in [0.4, 0.5) is 0 Å². The fourth-order valence-electron chi connectivity index (χ4n) is 1.59. The second-order valence-corrected chi connectivity index (χ2v) is 6.14. The molecule has 0 radical (unpaired) electrons. The van der Waals surface area contributed by atoms with E-state index in [1.807, 2.05) is 6.07 Å². The molecule has 1 aromatic carbocycles. The first kappa shape index (κ1) is 12.2. The van der Waals surface area contributed by atoms with Crippen molar-refractivity contribution in [2.45, 2.75) is 18.7 Å². The standard InChI is InChI=1S/C13H12BrClS/c1-8-6-10(11(15)7-9(8)2)13(14)12-4-3-5-16-12/h3-7,13H,1-2H3. The SMILES string of the molecule is Cc1cc(Cl)c(C(Br)c2cccs2)cc1C. The summed E-state index contributed by atoms with van der Waals surface area (Å²) in [7, 11) is 0. The summed E-state index contributed by atoms with van der Waals surface area (Å²) in [5.74, 6) is 0. The fraction of sp³-hybridized carbons (Fsp3) is 0.231. The number of benzene rings is 1. The average Bonchev–Trinajstić information content (AvgIpc) is 2.75. The highest BCUT2D eigenvalue weighted by Gasteiger charge is 2.15. The van der Waals surface area contributed by atoms with Crippen LogP contribution in [0, 0.1) is 13.8 Å². The van der Waals surface area contributed by atoms with Crippen LogP contribution in [-0.2, 0) is 0 Å². The van der Waals surface area contributed by atoms with Gasteiger partial charge in [-0.25, -0.2) is 0 Å². The summed E-state index contributed by atoms with van der Waals surface area (Å²) in [6.07, 6.45) is 0. The van der Waals surface area contributed by atoms with Crippen LogP contribution < -0.4 is 0 Å². The molecule has 0 aliphatic carbocycles. The van der Waals surface area contributed by atoms with Gasteiger partial charge in [0.2, 0.25) is 0 Å². The molecule has 16 heavy (non-hydrogen) atoms. The molecule has 0 fully saturated rings. The highest BCUT2D eigenvalue weighted by molar-refractivity contribution is 9.09. The Hall–Kier alpha value is -0.310. The first-order valence-electron chi connectivity index (χ1n) is 5.03. The van der Waals surface area contributed by atoms with E-state index in [0.29, 0.717) is 0 Å². The Labute approximate surface area is 113 Å². The molecule has 1 heterocycles. The van der Waals surface area contributed by atoms with E-state index >= 15 is 0 Å². The Morgan fingerprint density at radius 2 is 1.94 bits per heavy atom. The quantitative estimate of drug-likeness (QED) is 0.642. The molecular weight excluding hydrogens is 304 g/mol. The molecule has 84 valence electrons. The van der Waals surface area contributed by atoms with Gasteiger partial charge in [0.05, 0.1) is 4.83 Å². The number of hydrogen-bond acceptors (Lipinski definition) is 1. The third-order valence-electron chi connectivity index (χ3n) is 2.68. The lowest BCUT2D eigenvalue weighted by molar-refractivity contribution is 1.19. The molecule has 0 nitrogen and oxygen atoms in total. The smallest absolute Gasteiger partial charge is 0.0752 e. The molecule has 1 aromatic heterocycles. The number of alkyl halides is 1. The number of thiophene rings is 1. The monoisotopic (exact) mass is 314 g/mol. The topological polar surface area (TPSA) is 0 Å². The Balaban J connectivity index is 2.44. The number of aryl methyl sites for hydroxylation is 2. The van der Waals surface area contributed by atoms with Crippen LogP contribution in [0.2, 0.25) is 5.02 Å². The summed E-state index contributed by atoms with van der Waals surface area (Å²) in [6.45, 7) is 4.20. The summed E-state index contributed by atoms with van der Waals surface area (Å²) < 4.78 is 0. The molecule has 1 atom stereocenters. The summed E-state index contributed by atoms with van der Waals surface area (Å²) in [4.78, 5) is 1.48. The van der Waals surface area contributed by atoms with E-state index in [9.17, 15) is 0 Å². The Kier molecular flexibility index (Phi) is 3.73. The zero-order chi connectivity index (χ0) is 11.7. The summed E-state index contributed by atoms with van der Waals surface area (Å²) in [5.41, 5.74) is 3.66. The highest BCUT2D eigenvalue weighted by atomic mass is 79.9. The third kappa shape index (κ3) is 2.34. The molecule has 0 saturated carbocycles. The second-order valence-electron chi connectivity index (χ2n) is 3.84. The van der Waals surface area contributed by atoms with Gasteiger partial charge in [-0.15, -0.1) is 11.3 Å². The fourth-order valence-corrected chi connectivity index (χ4v) is 3.62. The number of halogens is 2. The van der Waals surface area contributed by atoms with Crippen LogP contribution in [-0.4, -0.2) is 0 Å². The van der Waals surface area contributed by atoms with Gasteiger partial charge >= 0.3 is 0 Å². The van der Waals surface area contributed by atoms with E-state index < -0.39 is 0 Å². The van der Waals surface area contributed by atoms with Crippen molar-refractivity contribution in [3.63, 3.8) is 0 Å². The van der Waals surface area contributed by atoms with Gasteiger partial charge < -0.3 is 0 Å². The van der Waals surface area contributed by atoms with Crippen LogP contribution >= 0.6 is 38.9 Å². The Morgan fingerprint density at radius 1 is 1.25 bits per heavy atom. The largest absolute Gasteiger partial charge is 0.147 e. The number of hydrogen-bond donors (Lipinski definition) is 0. The van der Waals surface area contributed by atoms with Gasteiger partial charge in [-0.05, 0) is 48.1 Å². The average molecular weight is 316 g/mol. The molecular formula is C13H12BrClS. The lowest BCUT2D eigenvalue weighted by Crippen LogP contribution is -1.94. The maximum atomic E-state index is 6.29. The summed E-state index contributed by atoms with van der Waals surface area (Å²) >= 11 is 11.7. The third-order valence-corrected chi connectivity index (χ3v) is 5.23. The van der Waals surface area contributed by atoms with E-state index in [-0.39, 0.29) is 4.83 Å². The molecule has 0 aliphatic rings. The van der Waals surface area contributed by atoms with E-state index in [4.69, 9.17) is 11.6 Å². The lowest BCUT2D eigenvalue weighted by Gasteiger charge is -2.13. The van der Waals surface area contributed by atoms with Crippen molar-refractivity contribution < 1.29 is 0 Å². The molecule has 0 spiro atoms. The molecule has 0 aliphatic heterocycles. The molecule has 2 rings (SSSR count). The van der Waals surface area contributed by atoms with Gasteiger partial charge in [0.15, 0.2) is 0 Å². The van der Waals surface area contributed by atoms with Gasteiger partial charge in [-0.3, -0.25) is 0 Å². The molecule has 0 bridgehead atoms. The van der Waals surface area contributed by atoms with E-state index in [1.54, 1.807) is 11.3 Å². The van der Waals surface area contributed by atoms with Crippen molar-refractivity contribution in [2.24, 2.45) is 0 Å². The maximum absolute atomic E-state index is 6.29. The predicted octanol–water partition coefficient (Wildman–Crippen LogP) is 5.50. The van der Waals surface area contributed by atoms with Crippen LogP contribution in [0.3, 0.4) is 0 Å². The van der Waals surface area contributed by atoms with E-state index in [0.717, 1.165) is 10.6 Å². The van der Waals surface area contributed by atoms with E-state index in [2.05, 4.69) is 53.4 Å². The molecule has 3 heteroatoms. The highest BCUT2D eigenvalue weighted by Crippen LogP contribution is 2.38. The van der Waals surface area contributed by atoms with Crippen molar-refractivity contribution in [3.05, 3.63) is 56.2 Å².